The molecule has 1 saturated carbocycles. The van der Waals surface area contributed by atoms with Crippen molar-refractivity contribution in [2.24, 2.45) is 5.10 Å². The number of rotatable bonds is 6. The summed E-state index contributed by atoms with van der Waals surface area (Å²) in [5.41, 5.74) is 1.37. The first-order valence-corrected chi connectivity index (χ1v) is 8.39. The Kier molecular flexibility index (Phi) is 4.92. The van der Waals surface area contributed by atoms with Crippen molar-refractivity contribution in [2.45, 2.75) is 38.3 Å². The van der Waals surface area contributed by atoms with E-state index in [0.717, 1.165) is 18.4 Å². The molecule has 1 fully saturated rings. The molecule has 1 heterocycles. The topological polar surface area (TPSA) is 71.4 Å². The van der Waals surface area contributed by atoms with Gasteiger partial charge in [-0.05, 0) is 25.0 Å². The van der Waals surface area contributed by atoms with Crippen molar-refractivity contribution in [1.29, 1.82) is 0 Å². The van der Waals surface area contributed by atoms with Gasteiger partial charge >= 0.3 is 0 Å². The van der Waals surface area contributed by atoms with E-state index < -0.39 is 0 Å². The minimum Gasteiger partial charge on any atom is -0.497 e. The predicted octanol–water partition coefficient (Wildman–Crippen LogP) is 1.80. The molecule has 7 heteroatoms. The minimum atomic E-state index is -0.0975. The van der Waals surface area contributed by atoms with Crippen LogP contribution in [-0.4, -0.2) is 54.7 Å². The van der Waals surface area contributed by atoms with Crippen LogP contribution in [0.25, 0.3) is 0 Å². The van der Waals surface area contributed by atoms with Crippen LogP contribution in [0.1, 0.15) is 31.2 Å². The van der Waals surface area contributed by atoms with Crippen LogP contribution in [-0.2, 0) is 16.1 Å². The SMILES string of the molecule is COc1ccc(CN(C(=O)C2=NN(C)C(=O)CC2)C2CC2)c(OC)c1. The molecule has 0 unspecified atom stereocenters. The summed E-state index contributed by atoms with van der Waals surface area (Å²) in [5.74, 6) is 1.24. The quantitative estimate of drug-likeness (QED) is 0.788. The van der Waals surface area contributed by atoms with Gasteiger partial charge in [0.05, 0.1) is 14.2 Å². The molecule has 0 saturated heterocycles. The molecule has 0 N–H and O–H groups in total. The lowest BCUT2D eigenvalue weighted by Crippen LogP contribution is -2.41. The van der Waals surface area contributed by atoms with Crippen molar-refractivity contribution in [2.75, 3.05) is 21.3 Å². The van der Waals surface area contributed by atoms with Gasteiger partial charge in [0, 0.05) is 44.1 Å². The van der Waals surface area contributed by atoms with Crippen LogP contribution >= 0.6 is 0 Å². The van der Waals surface area contributed by atoms with Gasteiger partial charge in [-0.25, -0.2) is 5.01 Å². The molecule has 134 valence electrons. The lowest BCUT2D eigenvalue weighted by molar-refractivity contribution is -0.130. The molecule has 0 bridgehead atoms. The zero-order valence-electron chi connectivity index (χ0n) is 14.8. The molecule has 2 amide bonds. The van der Waals surface area contributed by atoms with Crippen molar-refractivity contribution in [3.63, 3.8) is 0 Å². The highest BCUT2D eigenvalue weighted by Gasteiger charge is 2.36. The van der Waals surface area contributed by atoms with E-state index in [1.807, 2.05) is 23.1 Å². The summed E-state index contributed by atoms with van der Waals surface area (Å²) in [4.78, 5) is 26.4. The van der Waals surface area contributed by atoms with E-state index in [1.54, 1.807) is 21.3 Å². The Bertz CT molecular complexity index is 712. The van der Waals surface area contributed by atoms with Gasteiger partial charge in [0.15, 0.2) is 0 Å². The molecule has 2 aliphatic rings. The van der Waals surface area contributed by atoms with Crippen molar-refractivity contribution in [3.8, 4) is 11.5 Å². The summed E-state index contributed by atoms with van der Waals surface area (Å²) in [6.07, 6.45) is 2.70. The first-order valence-electron chi connectivity index (χ1n) is 8.39. The first kappa shape index (κ1) is 17.3. The van der Waals surface area contributed by atoms with Crippen molar-refractivity contribution >= 4 is 17.5 Å². The molecule has 25 heavy (non-hydrogen) atoms. The van der Waals surface area contributed by atoms with Crippen LogP contribution in [0.15, 0.2) is 23.3 Å². The summed E-state index contributed by atoms with van der Waals surface area (Å²) in [7, 11) is 4.80. The summed E-state index contributed by atoms with van der Waals surface area (Å²) >= 11 is 0. The third-order valence-electron chi connectivity index (χ3n) is 4.54. The molecule has 0 aromatic heterocycles. The smallest absolute Gasteiger partial charge is 0.270 e. The number of hydrogen-bond donors (Lipinski definition) is 0. The number of ether oxygens (including phenoxy) is 2. The second-order valence-electron chi connectivity index (χ2n) is 6.31. The zero-order chi connectivity index (χ0) is 18.0. The number of carbonyl (C=O) groups is 2. The van der Waals surface area contributed by atoms with E-state index in [-0.39, 0.29) is 17.9 Å². The number of carbonyl (C=O) groups excluding carboxylic acids is 2. The molecule has 1 aromatic carbocycles. The van der Waals surface area contributed by atoms with Crippen LogP contribution in [0, 0.1) is 0 Å². The van der Waals surface area contributed by atoms with Crippen LogP contribution in [0.4, 0.5) is 0 Å². The fraction of sp³-hybridized carbons (Fsp3) is 0.500. The fourth-order valence-electron chi connectivity index (χ4n) is 2.91. The lowest BCUT2D eigenvalue weighted by Gasteiger charge is -2.26. The Morgan fingerprint density at radius 2 is 2.04 bits per heavy atom. The highest BCUT2D eigenvalue weighted by Crippen LogP contribution is 2.32. The van der Waals surface area contributed by atoms with Crippen molar-refractivity contribution < 1.29 is 19.1 Å². The van der Waals surface area contributed by atoms with Gasteiger partial charge in [0.25, 0.3) is 5.91 Å². The highest BCUT2D eigenvalue weighted by atomic mass is 16.5. The molecular weight excluding hydrogens is 322 g/mol. The third kappa shape index (κ3) is 3.75. The number of hydrogen-bond acceptors (Lipinski definition) is 5. The number of amides is 2. The Balaban J connectivity index is 1.82. The largest absolute Gasteiger partial charge is 0.497 e. The van der Waals surface area contributed by atoms with Gasteiger partial charge < -0.3 is 14.4 Å². The summed E-state index contributed by atoms with van der Waals surface area (Å²) in [6, 6.07) is 5.82. The average molecular weight is 345 g/mol. The minimum absolute atomic E-state index is 0.0636. The molecule has 0 spiro atoms. The molecular formula is C18H23N3O4. The van der Waals surface area contributed by atoms with Gasteiger partial charge in [-0.2, -0.15) is 5.10 Å². The average Bonchev–Trinajstić information content (AvgIpc) is 3.46. The maximum absolute atomic E-state index is 13.0. The van der Waals surface area contributed by atoms with Crippen LogP contribution < -0.4 is 9.47 Å². The second-order valence-corrected chi connectivity index (χ2v) is 6.31. The third-order valence-corrected chi connectivity index (χ3v) is 4.54. The van der Waals surface area contributed by atoms with E-state index in [4.69, 9.17) is 9.47 Å². The van der Waals surface area contributed by atoms with Crippen LogP contribution in [0.2, 0.25) is 0 Å². The summed E-state index contributed by atoms with van der Waals surface area (Å²) in [5, 5.41) is 5.42. The Morgan fingerprint density at radius 1 is 1.28 bits per heavy atom. The predicted molar refractivity (Wildman–Crippen MR) is 92.6 cm³/mol. The Hall–Kier alpha value is -2.57. The summed E-state index contributed by atoms with van der Waals surface area (Å²) < 4.78 is 10.7. The van der Waals surface area contributed by atoms with Crippen LogP contribution in [0.5, 0.6) is 11.5 Å². The molecule has 1 aliphatic carbocycles. The Morgan fingerprint density at radius 3 is 2.64 bits per heavy atom. The molecule has 1 aromatic rings. The number of hydrazone groups is 1. The normalized spacial score (nSPS) is 17.2. The molecule has 0 radical (unpaired) electrons. The molecule has 0 atom stereocenters. The lowest BCUT2D eigenvalue weighted by atomic mass is 10.1. The molecule has 1 aliphatic heterocycles. The van der Waals surface area contributed by atoms with E-state index in [1.165, 1.54) is 5.01 Å². The van der Waals surface area contributed by atoms with E-state index in [9.17, 15) is 9.59 Å². The maximum atomic E-state index is 13.0. The first-order chi connectivity index (χ1) is 12.0. The van der Waals surface area contributed by atoms with Gasteiger partial charge in [-0.3, -0.25) is 9.59 Å². The van der Waals surface area contributed by atoms with E-state index >= 15 is 0 Å². The molecule has 7 nitrogen and oxygen atoms in total. The number of benzene rings is 1. The van der Waals surface area contributed by atoms with Crippen LogP contribution in [0.3, 0.4) is 0 Å². The van der Waals surface area contributed by atoms with Gasteiger partial charge in [0.1, 0.15) is 17.2 Å². The standard InChI is InChI=1S/C18H23N3O4/c1-20-17(22)9-8-15(19-20)18(23)21(13-5-6-13)11-12-4-7-14(24-2)10-16(12)25-3/h4,7,10,13H,5-6,8-9,11H2,1-3H3. The van der Waals surface area contributed by atoms with E-state index in [2.05, 4.69) is 5.10 Å². The second kappa shape index (κ2) is 7.13. The maximum Gasteiger partial charge on any atom is 0.270 e. The van der Waals surface area contributed by atoms with Crippen molar-refractivity contribution in [1.82, 2.24) is 9.91 Å². The summed E-state index contributed by atoms with van der Waals surface area (Å²) in [6.45, 7) is 0.452. The highest BCUT2D eigenvalue weighted by molar-refractivity contribution is 6.39. The molecule has 3 rings (SSSR count). The van der Waals surface area contributed by atoms with E-state index in [0.29, 0.717) is 36.6 Å². The van der Waals surface area contributed by atoms with Gasteiger partial charge in [-0.1, -0.05) is 0 Å². The monoisotopic (exact) mass is 345 g/mol. The Labute approximate surface area is 147 Å². The van der Waals surface area contributed by atoms with Gasteiger partial charge in [0.2, 0.25) is 5.91 Å². The number of methoxy groups -OCH3 is 2. The van der Waals surface area contributed by atoms with Gasteiger partial charge in [-0.15, -0.1) is 0 Å². The zero-order valence-corrected chi connectivity index (χ0v) is 14.8. The van der Waals surface area contributed by atoms with Crippen molar-refractivity contribution in [3.05, 3.63) is 23.8 Å². The fourth-order valence-corrected chi connectivity index (χ4v) is 2.91. The number of nitrogens with zero attached hydrogens (tertiary/aromatic N) is 3.